The Morgan fingerprint density at radius 1 is 1.03 bits per heavy atom. The molecule has 0 unspecified atom stereocenters. The Labute approximate surface area is 203 Å². The highest BCUT2D eigenvalue weighted by molar-refractivity contribution is 7.99. The average Bonchev–Trinajstić information content (AvgIpc) is 2.85. The first-order chi connectivity index (χ1) is 16.9. The van der Waals surface area contributed by atoms with Crippen molar-refractivity contribution in [3.8, 4) is 17.2 Å². The van der Waals surface area contributed by atoms with Crippen LogP contribution in [0.5, 0.6) is 11.5 Å². The van der Waals surface area contributed by atoms with Crippen molar-refractivity contribution in [1.82, 2.24) is 9.55 Å². The van der Waals surface area contributed by atoms with Crippen molar-refractivity contribution in [2.75, 3.05) is 17.7 Å². The number of thioether (sulfide) groups is 1. The number of aromatic nitrogens is 2. The molecule has 0 radical (unpaired) electrons. The first kappa shape index (κ1) is 24.2. The molecule has 0 fully saturated rings. The summed E-state index contributed by atoms with van der Waals surface area (Å²) in [5.74, 6) is 0.291. The molecule has 0 atom stereocenters. The van der Waals surface area contributed by atoms with Crippen LogP contribution in [0.3, 0.4) is 0 Å². The van der Waals surface area contributed by atoms with Crippen molar-refractivity contribution in [1.29, 1.82) is 0 Å². The van der Waals surface area contributed by atoms with Crippen LogP contribution in [0.1, 0.15) is 6.92 Å². The Kier molecular flexibility index (Phi) is 7.61. The lowest BCUT2D eigenvalue weighted by Crippen LogP contribution is -2.23. The van der Waals surface area contributed by atoms with Gasteiger partial charge >= 0.3 is 6.61 Å². The SMILES string of the molecule is CCOc1ccc(-n2c(SCC(=O)Nc3ccc(OC(F)F)cc3)nc3ccccc3c2=O)cc1. The van der Waals surface area contributed by atoms with E-state index in [2.05, 4.69) is 15.0 Å². The Morgan fingerprint density at radius 2 is 1.71 bits per heavy atom. The predicted octanol–water partition coefficient (Wildman–Crippen LogP) is 5.12. The summed E-state index contributed by atoms with van der Waals surface area (Å²) in [5, 5.41) is 3.51. The van der Waals surface area contributed by atoms with Gasteiger partial charge in [0.2, 0.25) is 5.91 Å². The third-order valence-corrected chi connectivity index (χ3v) is 5.79. The number of carbonyl (C=O) groups is 1. The monoisotopic (exact) mass is 497 g/mol. The number of nitrogens with zero attached hydrogens (tertiary/aromatic N) is 2. The zero-order valence-corrected chi connectivity index (χ0v) is 19.4. The molecule has 10 heteroatoms. The molecule has 0 aliphatic heterocycles. The highest BCUT2D eigenvalue weighted by Crippen LogP contribution is 2.24. The third kappa shape index (κ3) is 5.96. The smallest absolute Gasteiger partial charge is 0.387 e. The molecule has 3 aromatic carbocycles. The first-order valence-corrected chi connectivity index (χ1v) is 11.7. The van der Waals surface area contributed by atoms with Crippen molar-refractivity contribution >= 4 is 34.3 Å². The molecule has 0 saturated heterocycles. The average molecular weight is 498 g/mol. The molecule has 1 N–H and O–H groups in total. The summed E-state index contributed by atoms with van der Waals surface area (Å²) in [5.41, 5.74) is 1.29. The second kappa shape index (κ2) is 11.0. The summed E-state index contributed by atoms with van der Waals surface area (Å²) < 4.78 is 35.8. The largest absolute Gasteiger partial charge is 0.494 e. The molecule has 0 aliphatic carbocycles. The molecule has 35 heavy (non-hydrogen) atoms. The molecule has 4 aromatic rings. The van der Waals surface area contributed by atoms with Crippen LogP contribution in [-0.4, -0.2) is 34.4 Å². The number of amides is 1. The maximum Gasteiger partial charge on any atom is 0.387 e. The van der Waals surface area contributed by atoms with E-state index in [1.54, 1.807) is 48.5 Å². The highest BCUT2D eigenvalue weighted by atomic mass is 32.2. The summed E-state index contributed by atoms with van der Waals surface area (Å²) in [6.07, 6.45) is 0. The van der Waals surface area contributed by atoms with E-state index in [9.17, 15) is 18.4 Å². The summed E-state index contributed by atoms with van der Waals surface area (Å²) in [6, 6.07) is 19.7. The van der Waals surface area contributed by atoms with Crippen LogP contribution in [0, 0.1) is 0 Å². The van der Waals surface area contributed by atoms with Crippen LogP contribution in [0.15, 0.2) is 82.7 Å². The number of carbonyl (C=O) groups excluding carboxylic acids is 1. The minimum absolute atomic E-state index is 0.00731. The standard InChI is InChI=1S/C25H21F2N3O4S/c1-2-33-18-13-9-17(10-14-18)30-23(32)20-5-3-4-6-21(20)29-25(30)35-15-22(31)28-16-7-11-19(12-8-16)34-24(26)27/h3-14,24H,2,15H2,1H3,(H,28,31). The van der Waals surface area contributed by atoms with Gasteiger partial charge in [0.1, 0.15) is 11.5 Å². The summed E-state index contributed by atoms with van der Waals surface area (Å²) in [6.45, 7) is -0.513. The van der Waals surface area contributed by atoms with Gasteiger partial charge < -0.3 is 14.8 Å². The fourth-order valence-electron chi connectivity index (χ4n) is 3.34. The van der Waals surface area contributed by atoms with E-state index in [0.29, 0.717) is 39.8 Å². The number of rotatable bonds is 9. The first-order valence-electron chi connectivity index (χ1n) is 10.7. The molecular formula is C25H21F2N3O4S. The van der Waals surface area contributed by atoms with Gasteiger partial charge in [-0.05, 0) is 67.6 Å². The minimum atomic E-state index is -2.92. The number of ether oxygens (including phenoxy) is 2. The Balaban J connectivity index is 1.56. The molecule has 1 aromatic heterocycles. The number of fused-ring (bicyclic) bond motifs is 1. The Morgan fingerprint density at radius 3 is 2.40 bits per heavy atom. The summed E-state index contributed by atoms with van der Waals surface area (Å²) in [7, 11) is 0. The minimum Gasteiger partial charge on any atom is -0.494 e. The zero-order chi connectivity index (χ0) is 24.8. The second-order valence-electron chi connectivity index (χ2n) is 7.22. The van der Waals surface area contributed by atoms with Crippen LogP contribution in [-0.2, 0) is 4.79 Å². The zero-order valence-electron chi connectivity index (χ0n) is 18.6. The van der Waals surface area contributed by atoms with E-state index < -0.39 is 6.61 Å². The quantitative estimate of drug-likeness (QED) is 0.255. The molecule has 0 bridgehead atoms. The van der Waals surface area contributed by atoms with Crippen molar-refractivity contribution in [3.63, 3.8) is 0 Å². The number of hydrogen-bond acceptors (Lipinski definition) is 6. The van der Waals surface area contributed by atoms with Crippen LogP contribution < -0.4 is 20.3 Å². The van der Waals surface area contributed by atoms with Crippen molar-refractivity contribution in [2.24, 2.45) is 0 Å². The van der Waals surface area contributed by atoms with Crippen LogP contribution in [0.25, 0.3) is 16.6 Å². The van der Waals surface area contributed by atoms with Gasteiger partial charge in [-0.2, -0.15) is 8.78 Å². The summed E-state index contributed by atoms with van der Waals surface area (Å²) >= 11 is 1.11. The van der Waals surface area contributed by atoms with Gasteiger partial charge in [-0.15, -0.1) is 0 Å². The molecule has 0 spiro atoms. The van der Waals surface area contributed by atoms with E-state index in [4.69, 9.17) is 4.74 Å². The van der Waals surface area contributed by atoms with Crippen LogP contribution >= 0.6 is 11.8 Å². The molecule has 1 amide bonds. The predicted molar refractivity (Wildman–Crippen MR) is 131 cm³/mol. The Bertz CT molecular complexity index is 1380. The third-order valence-electron chi connectivity index (χ3n) is 4.85. The number of benzene rings is 3. The molecular weight excluding hydrogens is 476 g/mol. The van der Waals surface area contributed by atoms with E-state index in [0.717, 1.165) is 11.8 Å². The number of alkyl halides is 2. The van der Waals surface area contributed by atoms with E-state index in [1.165, 1.54) is 28.8 Å². The van der Waals surface area contributed by atoms with Gasteiger partial charge in [0.15, 0.2) is 5.16 Å². The van der Waals surface area contributed by atoms with E-state index in [-0.39, 0.29) is 23.0 Å². The van der Waals surface area contributed by atoms with Gasteiger partial charge in [0, 0.05) is 5.69 Å². The molecule has 1 heterocycles. The lowest BCUT2D eigenvalue weighted by Gasteiger charge is -2.14. The van der Waals surface area contributed by atoms with Gasteiger partial charge in [-0.3, -0.25) is 14.2 Å². The molecule has 4 rings (SSSR count). The molecule has 7 nitrogen and oxygen atoms in total. The Hall–Kier alpha value is -3.92. The molecule has 180 valence electrons. The lowest BCUT2D eigenvalue weighted by molar-refractivity contribution is -0.113. The summed E-state index contributed by atoms with van der Waals surface area (Å²) in [4.78, 5) is 30.5. The topological polar surface area (TPSA) is 82.4 Å². The van der Waals surface area contributed by atoms with Crippen LogP contribution in [0.2, 0.25) is 0 Å². The lowest BCUT2D eigenvalue weighted by atomic mass is 10.2. The maximum atomic E-state index is 13.3. The van der Waals surface area contributed by atoms with Gasteiger partial charge in [0.05, 0.1) is 29.0 Å². The number of para-hydroxylation sites is 1. The van der Waals surface area contributed by atoms with Gasteiger partial charge in [-0.1, -0.05) is 23.9 Å². The van der Waals surface area contributed by atoms with Gasteiger partial charge in [0.25, 0.3) is 5.56 Å². The molecule has 0 saturated carbocycles. The van der Waals surface area contributed by atoms with Crippen molar-refractivity contribution in [3.05, 3.63) is 83.2 Å². The fraction of sp³-hybridized carbons (Fsp3) is 0.160. The number of hydrogen-bond donors (Lipinski definition) is 1. The van der Waals surface area contributed by atoms with E-state index >= 15 is 0 Å². The maximum absolute atomic E-state index is 13.3. The molecule has 0 aliphatic rings. The van der Waals surface area contributed by atoms with E-state index in [1.807, 2.05) is 6.92 Å². The number of anilines is 1. The van der Waals surface area contributed by atoms with Crippen molar-refractivity contribution in [2.45, 2.75) is 18.7 Å². The highest BCUT2D eigenvalue weighted by Gasteiger charge is 2.15. The number of nitrogens with one attached hydrogen (secondary N) is 1. The second-order valence-corrected chi connectivity index (χ2v) is 8.16. The normalized spacial score (nSPS) is 11.0. The van der Waals surface area contributed by atoms with Crippen molar-refractivity contribution < 1.29 is 23.0 Å². The fourth-order valence-corrected chi connectivity index (χ4v) is 4.15. The van der Waals surface area contributed by atoms with Crippen LogP contribution in [0.4, 0.5) is 14.5 Å². The van der Waals surface area contributed by atoms with Gasteiger partial charge in [-0.25, -0.2) is 4.98 Å². The number of halogens is 2.